The Morgan fingerprint density at radius 1 is 1.53 bits per heavy atom. The van der Waals surface area contributed by atoms with Crippen molar-refractivity contribution in [3.63, 3.8) is 0 Å². The highest BCUT2D eigenvalue weighted by molar-refractivity contribution is 5.54. The van der Waals surface area contributed by atoms with Gasteiger partial charge in [0.05, 0.1) is 17.9 Å². The number of ether oxygens (including phenoxy) is 1. The lowest BCUT2D eigenvalue weighted by atomic mass is 10.2. The Bertz CT molecular complexity index is 357. The van der Waals surface area contributed by atoms with Gasteiger partial charge in [0.1, 0.15) is 11.8 Å². The molecule has 0 amide bonds. The molecule has 1 aromatic rings. The fourth-order valence-corrected chi connectivity index (χ4v) is 1.15. The lowest BCUT2D eigenvalue weighted by Gasteiger charge is -2.08. The molecule has 15 heavy (non-hydrogen) atoms. The minimum Gasteiger partial charge on any atom is -0.492 e. The highest BCUT2D eigenvalue weighted by Crippen LogP contribution is 2.22. The Kier molecular flexibility index (Phi) is 4.45. The van der Waals surface area contributed by atoms with Crippen LogP contribution in [0.2, 0.25) is 0 Å². The third kappa shape index (κ3) is 3.15. The van der Waals surface area contributed by atoms with Gasteiger partial charge in [0.15, 0.2) is 0 Å². The molecule has 0 fully saturated rings. The van der Waals surface area contributed by atoms with Gasteiger partial charge < -0.3 is 10.2 Å². The highest BCUT2D eigenvalue weighted by Gasteiger charge is 2.03. The maximum atomic E-state index is 8.86. The van der Waals surface area contributed by atoms with Crippen LogP contribution in [0.25, 0.3) is 0 Å². The van der Waals surface area contributed by atoms with E-state index in [-0.39, 0.29) is 0 Å². The first-order chi connectivity index (χ1) is 7.31. The van der Waals surface area contributed by atoms with E-state index >= 15 is 0 Å². The molecular formula is C11H15N3O. The van der Waals surface area contributed by atoms with Crippen molar-refractivity contribution in [3.8, 4) is 11.8 Å². The zero-order valence-corrected chi connectivity index (χ0v) is 8.79. The van der Waals surface area contributed by atoms with Crippen molar-refractivity contribution in [2.75, 3.05) is 12.0 Å². The van der Waals surface area contributed by atoms with Gasteiger partial charge in [-0.2, -0.15) is 5.26 Å². The summed E-state index contributed by atoms with van der Waals surface area (Å²) in [6, 6.07) is 7.24. The van der Waals surface area contributed by atoms with Crippen molar-refractivity contribution < 1.29 is 4.74 Å². The first-order valence-electron chi connectivity index (χ1n) is 4.95. The summed E-state index contributed by atoms with van der Waals surface area (Å²) in [5.41, 5.74) is 3.79. The third-order valence-corrected chi connectivity index (χ3v) is 2.02. The van der Waals surface area contributed by atoms with E-state index in [0.717, 1.165) is 18.5 Å². The lowest BCUT2D eigenvalue weighted by molar-refractivity contribution is 0.308. The van der Waals surface area contributed by atoms with Crippen LogP contribution in [-0.4, -0.2) is 6.61 Å². The van der Waals surface area contributed by atoms with Crippen molar-refractivity contribution in [3.05, 3.63) is 23.8 Å². The van der Waals surface area contributed by atoms with Crippen molar-refractivity contribution in [2.45, 2.75) is 19.8 Å². The molecule has 1 rings (SSSR count). The molecule has 4 heteroatoms. The van der Waals surface area contributed by atoms with Crippen molar-refractivity contribution in [1.82, 2.24) is 0 Å². The van der Waals surface area contributed by atoms with Crippen molar-refractivity contribution >= 4 is 5.69 Å². The second kappa shape index (κ2) is 5.89. The van der Waals surface area contributed by atoms with Crippen LogP contribution in [0.3, 0.4) is 0 Å². The molecule has 0 aliphatic carbocycles. The molecule has 0 bridgehead atoms. The fourth-order valence-electron chi connectivity index (χ4n) is 1.15. The van der Waals surface area contributed by atoms with Crippen LogP contribution in [0.15, 0.2) is 18.2 Å². The zero-order chi connectivity index (χ0) is 11.1. The molecule has 0 aromatic heterocycles. The van der Waals surface area contributed by atoms with E-state index in [1.54, 1.807) is 18.2 Å². The first kappa shape index (κ1) is 11.3. The molecular weight excluding hydrogens is 190 g/mol. The molecule has 0 heterocycles. The minimum absolute atomic E-state index is 0.533. The number of hydrogen-bond acceptors (Lipinski definition) is 4. The SMILES string of the molecule is CCCCOc1cc(NN)ccc1C#N. The van der Waals surface area contributed by atoms with E-state index in [9.17, 15) is 0 Å². The van der Waals surface area contributed by atoms with Gasteiger partial charge in [0.25, 0.3) is 0 Å². The summed E-state index contributed by atoms with van der Waals surface area (Å²) in [4.78, 5) is 0. The molecule has 4 nitrogen and oxygen atoms in total. The Hall–Kier alpha value is -1.73. The Labute approximate surface area is 89.6 Å². The van der Waals surface area contributed by atoms with Gasteiger partial charge in [0.2, 0.25) is 0 Å². The molecule has 0 atom stereocenters. The monoisotopic (exact) mass is 205 g/mol. The van der Waals surface area contributed by atoms with Crippen molar-refractivity contribution in [1.29, 1.82) is 5.26 Å². The van der Waals surface area contributed by atoms with Crippen LogP contribution in [0, 0.1) is 11.3 Å². The quantitative estimate of drug-likeness (QED) is 0.438. The van der Waals surface area contributed by atoms with Gasteiger partial charge >= 0.3 is 0 Å². The summed E-state index contributed by atoms with van der Waals surface area (Å²) < 4.78 is 5.49. The minimum atomic E-state index is 0.533. The molecule has 0 saturated carbocycles. The molecule has 0 spiro atoms. The van der Waals surface area contributed by atoms with Crippen molar-refractivity contribution in [2.24, 2.45) is 5.84 Å². The number of nitrogens with two attached hydrogens (primary N) is 1. The van der Waals surface area contributed by atoms with Crippen LogP contribution in [-0.2, 0) is 0 Å². The van der Waals surface area contributed by atoms with Crippen LogP contribution >= 0.6 is 0 Å². The van der Waals surface area contributed by atoms with Gasteiger partial charge in [-0.1, -0.05) is 13.3 Å². The number of hydrazine groups is 1. The second-order valence-corrected chi connectivity index (χ2v) is 3.17. The van der Waals surface area contributed by atoms with E-state index in [4.69, 9.17) is 15.8 Å². The van der Waals surface area contributed by atoms with Gasteiger partial charge in [-0.3, -0.25) is 5.84 Å². The van der Waals surface area contributed by atoms with Gasteiger partial charge in [0, 0.05) is 6.07 Å². The molecule has 80 valence electrons. The molecule has 1 aromatic carbocycles. The van der Waals surface area contributed by atoms with E-state index in [1.165, 1.54) is 0 Å². The zero-order valence-electron chi connectivity index (χ0n) is 8.79. The van der Waals surface area contributed by atoms with E-state index < -0.39 is 0 Å². The smallest absolute Gasteiger partial charge is 0.139 e. The maximum absolute atomic E-state index is 8.86. The summed E-state index contributed by atoms with van der Waals surface area (Å²) in [6.07, 6.45) is 2.04. The summed E-state index contributed by atoms with van der Waals surface area (Å²) >= 11 is 0. The number of unbranched alkanes of at least 4 members (excludes halogenated alkanes) is 1. The van der Waals surface area contributed by atoms with Gasteiger partial charge in [-0.25, -0.2) is 0 Å². The molecule has 0 saturated heterocycles. The Balaban J connectivity index is 2.78. The molecule has 0 radical (unpaired) electrons. The predicted molar refractivity (Wildman–Crippen MR) is 59.4 cm³/mol. The summed E-state index contributed by atoms with van der Waals surface area (Å²) in [6.45, 7) is 2.71. The maximum Gasteiger partial charge on any atom is 0.139 e. The van der Waals surface area contributed by atoms with Crippen LogP contribution < -0.4 is 16.0 Å². The second-order valence-electron chi connectivity index (χ2n) is 3.17. The topological polar surface area (TPSA) is 71.1 Å². The molecule has 3 N–H and O–H groups in total. The Morgan fingerprint density at radius 3 is 2.93 bits per heavy atom. The number of rotatable bonds is 5. The summed E-state index contributed by atoms with van der Waals surface area (Å²) in [5, 5.41) is 8.86. The average Bonchev–Trinajstić information content (AvgIpc) is 2.29. The fraction of sp³-hybridized carbons (Fsp3) is 0.364. The third-order valence-electron chi connectivity index (χ3n) is 2.02. The summed E-state index contributed by atoms with van der Waals surface area (Å²) in [7, 11) is 0. The molecule has 0 aliphatic rings. The summed E-state index contributed by atoms with van der Waals surface area (Å²) in [5.74, 6) is 5.86. The molecule has 0 aliphatic heterocycles. The van der Waals surface area contributed by atoms with Crippen LogP contribution in [0.5, 0.6) is 5.75 Å². The first-order valence-corrected chi connectivity index (χ1v) is 4.95. The number of anilines is 1. The lowest BCUT2D eigenvalue weighted by Crippen LogP contribution is -2.07. The van der Waals surface area contributed by atoms with E-state index in [0.29, 0.717) is 17.9 Å². The molecule has 0 unspecified atom stereocenters. The number of nitrogen functional groups attached to an aromatic ring is 1. The standard InChI is InChI=1S/C11H15N3O/c1-2-3-6-15-11-7-10(14-13)5-4-9(11)8-12/h4-5,7,14H,2-3,6,13H2,1H3. The number of nitrogens with zero attached hydrogens (tertiary/aromatic N) is 1. The largest absolute Gasteiger partial charge is 0.492 e. The number of nitrogens with one attached hydrogen (secondary N) is 1. The normalized spacial score (nSPS) is 9.40. The van der Waals surface area contributed by atoms with Crippen LogP contribution in [0.4, 0.5) is 5.69 Å². The predicted octanol–water partition coefficient (Wildman–Crippen LogP) is 2.02. The number of nitriles is 1. The highest BCUT2D eigenvalue weighted by atomic mass is 16.5. The van der Waals surface area contributed by atoms with Gasteiger partial charge in [-0.05, 0) is 18.6 Å². The van der Waals surface area contributed by atoms with Gasteiger partial charge in [-0.15, -0.1) is 0 Å². The van der Waals surface area contributed by atoms with E-state index in [1.807, 2.05) is 0 Å². The Morgan fingerprint density at radius 2 is 2.33 bits per heavy atom. The average molecular weight is 205 g/mol. The number of hydrogen-bond donors (Lipinski definition) is 2. The number of benzene rings is 1. The van der Waals surface area contributed by atoms with Crippen LogP contribution in [0.1, 0.15) is 25.3 Å². The van der Waals surface area contributed by atoms with E-state index in [2.05, 4.69) is 18.4 Å².